The standard InChI is InChI=1S/C27H31FN4O5/c1-30(2)27(35)23(33)22-15-32(16-36-3)24-20(22)14-21(25(29-24)37-4)26(34)31-11-9-18(10-12-31)13-17-5-7-19(28)8-6-17/h5-8,14-15,18H,9-13,16H2,1-4H3. The number of amides is 2. The molecule has 37 heavy (non-hydrogen) atoms. The van der Waals surface area contributed by atoms with Gasteiger partial charge in [-0.2, -0.15) is 4.98 Å². The summed E-state index contributed by atoms with van der Waals surface area (Å²) in [6.07, 6.45) is 3.97. The summed E-state index contributed by atoms with van der Waals surface area (Å²) in [5.74, 6) is -1.35. The highest BCUT2D eigenvalue weighted by Crippen LogP contribution is 2.30. The van der Waals surface area contributed by atoms with Crippen molar-refractivity contribution in [1.82, 2.24) is 19.4 Å². The first-order valence-corrected chi connectivity index (χ1v) is 12.1. The third-order valence-electron chi connectivity index (χ3n) is 6.69. The Morgan fingerprint density at radius 1 is 1.08 bits per heavy atom. The lowest BCUT2D eigenvalue weighted by molar-refractivity contribution is -0.124. The van der Waals surface area contributed by atoms with E-state index in [-0.39, 0.29) is 35.5 Å². The third kappa shape index (κ3) is 5.48. The van der Waals surface area contributed by atoms with E-state index in [1.165, 1.54) is 51.5 Å². The number of hydrogen-bond acceptors (Lipinski definition) is 6. The van der Waals surface area contributed by atoms with Gasteiger partial charge in [-0.25, -0.2) is 4.39 Å². The van der Waals surface area contributed by atoms with Gasteiger partial charge in [-0.1, -0.05) is 12.1 Å². The number of nitrogens with zero attached hydrogens (tertiary/aromatic N) is 4. The van der Waals surface area contributed by atoms with Crippen LogP contribution < -0.4 is 4.74 Å². The normalized spacial score (nSPS) is 14.1. The molecule has 1 aliphatic heterocycles. The van der Waals surface area contributed by atoms with Crippen LogP contribution in [-0.2, 0) is 22.7 Å². The Labute approximate surface area is 214 Å². The summed E-state index contributed by atoms with van der Waals surface area (Å²) in [5, 5.41) is 0.382. The van der Waals surface area contributed by atoms with Gasteiger partial charge in [-0.05, 0) is 48.9 Å². The number of piperidine rings is 1. The number of carbonyl (C=O) groups excluding carboxylic acids is 3. The molecule has 1 aliphatic rings. The summed E-state index contributed by atoms with van der Waals surface area (Å²) in [6, 6.07) is 8.11. The van der Waals surface area contributed by atoms with Crippen molar-refractivity contribution in [1.29, 1.82) is 0 Å². The van der Waals surface area contributed by atoms with Crippen molar-refractivity contribution in [2.45, 2.75) is 26.0 Å². The molecule has 3 heterocycles. The van der Waals surface area contributed by atoms with Crippen LogP contribution in [0.4, 0.5) is 4.39 Å². The molecule has 0 spiro atoms. The highest BCUT2D eigenvalue weighted by atomic mass is 19.1. The summed E-state index contributed by atoms with van der Waals surface area (Å²) < 4.78 is 25.5. The molecule has 9 nitrogen and oxygen atoms in total. The molecular weight excluding hydrogens is 479 g/mol. The fraction of sp³-hybridized carbons (Fsp3) is 0.407. The van der Waals surface area contributed by atoms with Crippen molar-refractivity contribution in [3.8, 4) is 5.88 Å². The Bertz CT molecular complexity index is 1310. The van der Waals surface area contributed by atoms with Crippen LogP contribution in [-0.4, -0.2) is 78.4 Å². The summed E-state index contributed by atoms with van der Waals surface area (Å²) in [5.41, 5.74) is 1.83. The molecular formula is C27H31FN4O5. The first kappa shape index (κ1) is 26.3. The summed E-state index contributed by atoms with van der Waals surface area (Å²) >= 11 is 0. The quantitative estimate of drug-likeness (QED) is 0.341. The highest BCUT2D eigenvalue weighted by Gasteiger charge is 2.29. The maximum Gasteiger partial charge on any atom is 0.294 e. The molecule has 196 valence electrons. The molecule has 0 unspecified atom stereocenters. The van der Waals surface area contributed by atoms with Crippen molar-refractivity contribution in [2.75, 3.05) is 41.4 Å². The lowest BCUT2D eigenvalue weighted by atomic mass is 9.90. The number of halogens is 1. The fourth-order valence-corrected chi connectivity index (χ4v) is 4.70. The zero-order valence-corrected chi connectivity index (χ0v) is 21.5. The second kappa shape index (κ2) is 11.1. The van der Waals surface area contributed by atoms with E-state index < -0.39 is 11.7 Å². The maximum absolute atomic E-state index is 13.6. The molecule has 0 saturated carbocycles. The van der Waals surface area contributed by atoms with Crippen LogP contribution in [0.25, 0.3) is 11.0 Å². The average Bonchev–Trinajstić information content (AvgIpc) is 3.25. The minimum atomic E-state index is -0.697. The van der Waals surface area contributed by atoms with Gasteiger partial charge in [-0.3, -0.25) is 14.4 Å². The second-order valence-corrected chi connectivity index (χ2v) is 9.44. The number of ketones is 1. The number of methoxy groups -OCH3 is 2. The van der Waals surface area contributed by atoms with E-state index in [1.807, 2.05) is 0 Å². The molecule has 0 bridgehead atoms. The molecule has 1 fully saturated rings. The number of likely N-dealkylation sites (N-methyl/N-ethyl adjacent to an activating group) is 1. The monoisotopic (exact) mass is 510 g/mol. The number of Topliss-reactive ketones (excluding diaryl/α,β-unsaturated/α-hetero) is 1. The molecule has 2 aromatic heterocycles. The van der Waals surface area contributed by atoms with Gasteiger partial charge in [-0.15, -0.1) is 0 Å². The van der Waals surface area contributed by atoms with E-state index >= 15 is 0 Å². The van der Waals surface area contributed by atoms with Crippen LogP contribution in [0.1, 0.15) is 39.1 Å². The van der Waals surface area contributed by atoms with Crippen molar-refractivity contribution in [2.24, 2.45) is 5.92 Å². The van der Waals surface area contributed by atoms with Crippen LogP contribution in [0.5, 0.6) is 5.88 Å². The van der Waals surface area contributed by atoms with E-state index in [1.54, 1.807) is 27.7 Å². The van der Waals surface area contributed by atoms with E-state index in [0.29, 0.717) is 30.0 Å². The number of hydrogen-bond donors (Lipinski definition) is 0. The van der Waals surface area contributed by atoms with Crippen LogP contribution in [0, 0.1) is 11.7 Å². The average molecular weight is 511 g/mol. The van der Waals surface area contributed by atoms with E-state index in [9.17, 15) is 18.8 Å². The summed E-state index contributed by atoms with van der Waals surface area (Å²) in [6.45, 7) is 1.22. The molecule has 2 amide bonds. The number of pyridine rings is 1. The van der Waals surface area contributed by atoms with Gasteiger partial charge in [0.2, 0.25) is 5.88 Å². The predicted octanol–water partition coefficient (Wildman–Crippen LogP) is 3.15. The molecule has 0 aliphatic carbocycles. The van der Waals surface area contributed by atoms with Crippen LogP contribution in [0.2, 0.25) is 0 Å². The molecule has 1 saturated heterocycles. The van der Waals surface area contributed by atoms with Crippen LogP contribution in [0.3, 0.4) is 0 Å². The van der Waals surface area contributed by atoms with E-state index in [0.717, 1.165) is 24.8 Å². The van der Waals surface area contributed by atoms with Gasteiger partial charge in [0.05, 0.1) is 12.7 Å². The Morgan fingerprint density at radius 3 is 2.35 bits per heavy atom. The first-order chi connectivity index (χ1) is 17.7. The fourth-order valence-electron chi connectivity index (χ4n) is 4.70. The van der Waals surface area contributed by atoms with Crippen LogP contribution >= 0.6 is 0 Å². The zero-order chi connectivity index (χ0) is 26.7. The van der Waals surface area contributed by atoms with Gasteiger partial charge in [0.15, 0.2) is 0 Å². The maximum atomic E-state index is 13.6. The Morgan fingerprint density at radius 2 is 1.76 bits per heavy atom. The number of rotatable bonds is 8. The largest absolute Gasteiger partial charge is 0.480 e. The number of likely N-dealkylation sites (tertiary alicyclic amines) is 1. The van der Waals surface area contributed by atoms with E-state index in [2.05, 4.69) is 4.98 Å². The summed E-state index contributed by atoms with van der Waals surface area (Å²) in [7, 11) is 5.95. The van der Waals surface area contributed by atoms with Gasteiger partial charge in [0.25, 0.3) is 17.6 Å². The lowest BCUT2D eigenvalue weighted by Crippen LogP contribution is -2.39. The van der Waals surface area contributed by atoms with Crippen molar-refractivity contribution in [3.63, 3.8) is 0 Å². The van der Waals surface area contributed by atoms with E-state index in [4.69, 9.17) is 9.47 Å². The Kier molecular flexibility index (Phi) is 7.87. The molecule has 0 atom stereocenters. The van der Waals surface area contributed by atoms with Crippen molar-refractivity contribution in [3.05, 3.63) is 59.0 Å². The number of aromatic nitrogens is 2. The lowest BCUT2D eigenvalue weighted by Gasteiger charge is -2.32. The third-order valence-corrected chi connectivity index (χ3v) is 6.69. The van der Waals surface area contributed by atoms with Gasteiger partial charge >= 0.3 is 0 Å². The number of benzene rings is 1. The molecule has 0 radical (unpaired) electrons. The smallest absolute Gasteiger partial charge is 0.294 e. The molecule has 3 aromatic rings. The predicted molar refractivity (Wildman–Crippen MR) is 135 cm³/mol. The second-order valence-electron chi connectivity index (χ2n) is 9.44. The number of carbonyl (C=O) groups is 3. The summed E-state index contributed by atoms with van der Waals surface area (Å²) in [4.78, 5) is 46.4. The van der Waals surface area contributed by atoms with Gasteiger partial charge < -0.3 is 23.8 Å². The molecule has 0 N–H and O–H groups in total. The molecule has 1 aromatic carbocycles. The topological polar surface area (TPSA) is 94.0 Å². The Balaban J connectivity index is 1.60. The van der Waals surface area contributed by atoms with Gasteiger partial charge in [0, 0.05) is 45.9 Å². The SMILES string of the molecule is COCn1cc(C(=O)C(=O)N(C)C)c2cc(C(=O)N3CCC(Cc4ccc(F)cc4)CC3)c(OC)nc21. The van der Waals surface area contributed by atoms with Crippen molar-refractivity contribution >= 4 is 28.6 Å². The van der Waals surface area contributed by atoms with Gasteiger partial charge in [0.1, 0.15) is 23.8 Å². The number of ether oxygens (including phenoxy) is 2. The minimum Gasteiger partial charge on any atom is -0.480 e. The minimum absolute atomic E-state index is 0.102. The Hall–Kier alpha value is -3.79. The molecule has 10 heteroatoms. The van der Waals surface area contributed by atoms with Crippen LogP contribution in [0.15, 0.2) is 36.5 Å². The first-order valence-electron chi connectivity index (χ1n) is 12.1. The van der Waals surface area contributed by atoms with Crippen molar-refractivity contribution < 1.29 is 28.2 Å². The highest BCUT2D eigenvalue weighted by molar-refractivity contribution is 6.44. The number of fused-ring (bicyclic) bond motifs is 1. The molecule has 4 rings (SSSR count). The zero-order valence-electron chi connectivity index (χ0n) is 21.5.